The second-order valence-corrected chi connectivity index (χ2v) is 10.3. The molecule has 0 fully saturated rings. The van der Waals surface area contributed by atoms with Crippen LogP contribution in [0.25, 0.3) is 40.0 Å². The van der Waals surface area contributed by atoms with Crippen LogP contribution in [-0.4, -0.2) is 16.0 Å². The highest BCUT2D eigenvalue weighted by molar-refractivity contribution is 7.80. The lowest BCUT2D eigenvalue weighted by Crippen LogP contribution is -2.32. The first-order valence-corrected chi connectivity index (χ1v) is 13.3. The number of fused-ring (bicyclic) bond motifs is 1. The third-order valence-electron chi connectivity index (χ3n) is 5.92. The number of carbonyl (C=O) groups excluding carboxylic acids is 1. The molecule has 0 aliphatic rings. The van der Waals surface area contributed by atoms with Gasteiger partial charge in [0, 0.05) is 22.3 Å². The van der Waals surface area contributed by atoms with E-state index in [0.717, 1.165) is 11.1 Å². The molecule has 0 aliphatic carbocycles. The van der Waals surface area contributed by atoms with Crippen molar-refractivity contribution < 1.29 is 13.6 Å². The van der Waals surface area contributed by atoms with Gasteiger partial charge in [-0.25, -0.2) is 4.98 Å². The van der Waals surface area contributed by atoms with Crippen LogP contribution in [0.1, 0.15) is 31.1 Å². The predicted molar refractivity (Wildman–Crippen MR) is 161 cm³/mol. The van der Waals surface area contributed by atoms with Crippen LogP contribution in [0.15, 0.2) is 87.7 Å². The molecular formula is C30H23Cl2N3O3S. The Kier molecular flexibility index (Phi) is 7.84. The van der Waals surface area contributed by atoms with Gasteiger partial charge in [0.1, 0.15) is 17.0 Å². The lowest BCUT2D eigenvalue weighted by molar-refractivity contribution is -0.115. The molecule has 0 saturated carbocycles. The van der Waals surface area contributed by atoms with Gasteiger partial charge >= 0.3 is 0 Å². The molecular weight excluding hydrogens is 553 g/mol. The molecule has 2 heterocycles. The Morgan fingerprint density at radius 3 is 2.54 bits per heavy atom. The maximum Gasteiger partial charge on any atom is 0.250 e. The van der Waals surface area contributed by atoms with E-state index < -0.39 is 5.91 Å². The number of thiocarbonyl (C=S) groups is 1. The fourth-order valence-corrected chi connectivity index (χ4v) is 4.41. The smallest absolute Gasteiger partial charge is 0.250 e. The van der Waals surface area contributed by atoms with Crippen LogP contribution >= 0.6 is 35.4 Å². The molecule has 0 unspecified atom stereocenters. The van der Waals surface area contributed by atoms with Gasteiger partial charge < -0.3 is 14.2 Å². The van der Waals surface area contributed by atoms with E-state index in [0.29, 0.717) is 50.2 Å². The number of anilines is 1. The van der Waals surface area contributed by atoms with Gasteiger partial charge in [0.2, 0.25) is 11.8 Å². The van der Waals surface area contributed by atoms with E-state index in [9.17, 15) is 4.79 Å². The minimum atomic E-state index is -0.411. The minimum Gasteiger partial charge on any atom is -0.457 e. The van der Waals surface area contributed by atoms with Gasteiger partial charge in [-0.1, -0.05) is 43.1 Å². The Morgan fingerprint density at radius 1 is 0.974 bits per heavy atom. The van der Waals surface area contributed by atoms with E-state index in [2.05, 4.69) is 29.5 Å². The molecule has 5 aromatic rings. The summed E-state index contributed by atoms with van der Waals surface area (Å²) in [5.74, 6) is 1.56. The van der Waals surface area contributed by atoms with E-state index in [1.165, 1.54) is 11.6 Å². The fourth-order valence-electron chi connectivity index (χ4n) is 3.87. The molecule has 9 heteroatoms. The molecule has 0 saturated heterocycles. The molecule has 1 amide bonds. The van der Waals surface area contributed by atoms with E-state index in [4.69, 9.17) is 44.3 Å². The number of nitrogens with zero attached hydrogens (tertiary/aromatic N) is 1. The number of hydrogen-bond donors (Lipinski definition) is 2. The Balaban J connectivity index is 1.23. The Bertz CT molecular complexity index is 1700. The number of aromatic nitrogens is 1. The minimum absolute atomic E-state index is 0.123. The van der Waals surface area contributed by atoms with E-state index in [1.807, 2.05) is 36.4 Å². The topological polar surface area (TPSA) is 80.3 Å². The molecule has 0 atom stereocenters. The molecule has 0 spiro atoms. The molecule has 39 heavy (non-hydrogen) atoms. The monoisotopic (exact) mass is 575 g/mol. The van der Waals surface area contributed by atoms with E-state index in [1.54, 1.807) is 42.5 Å². The second-order valence-electron chi connectivity index (χ2n) is 9.08. The van der Waals surface area contributed by atoms with Crippen molar-refractivity contribution in [1.82, 2.24) is 10.3 Å². The van der Waals surface area contributed by atoms with E-state index >= 15 is 0 Å². The van der Waals surface area contributed by atoms with E-state index in [-0.39, 0.29) is 5.11 Å². The van der Waals surface area contributed by atoms with Gasteiger partial charge in [0.25, 0.3) is 0 Å². The standard InChI is InChI=1S/C30H23Cl2N3O3S/c1-17(2)19-5-12-27-25(15-19)34-29(38-27)23-16-21(8-11-24(23)32)33-30(39)35-28(36)14-10-22-9-13-26(37-22)18-3-6-20(31)7-4-18/h3-17H,1-2H3,(H2,33,35,36,39). The molecule has 0 bridgehead atoms. The molecule has 0 radical (unpaired) electrons. The third-order valence-corrected chi connectivity index (χ3v) is 6.71. The molecule has 3 aromatic carbocycles. The highest BCUT2D eigenvalue weighted by Gasteiger charge is 2.14. The molecule has 6 nitrogen and oxygen atoms in total. The van der Waals surface area contributed by atoms with Crippen molar-refractivity contribution in [2.24, 2.45) is 0 Å². The van der Waals surface area contributed by atoms with Gasteiger partial charge in [-0.15, -0.1) is 0 Å². The fraction of sp³-hybridized carbons (Fsp3) is 0.100. The molecule has 2 N–H and O–H groups in total. The van der Waals surface area contributed by atoms with Crippen LogP contribution in [0.3, 0.4) is 0 Å². The van der Waals surface area contributed by atoms with Crippen LogP contribution in [0.2, 0.25) is 10.0 Å². The zero-order valence-electron chi connectivity index (χ0n) is 21.0. The summed E-state index contributed by atoms with van der Waals surface area (Å²) in [5, 5.41) is 6.87. The summed E-state index contributed by atoms with van der Waals surface area (Å²) in [4.78, 5) is 17.0. The third kappa shape index (κ3) is 6.40. The van der Waals surface area contributed by atoms with Crippen molar-refractivity contribution in [3.05, 3.63) is 100 Å². The first-order valence-electron chi connectivity index (χ1n) is 12.1. The Hall–Kier alpha value is -3.91. The van der Waals surface area contributed by atoms with Crippen LogP contribution in [0, 0.1) is 0 Å². The van der Waals surface area contributed by atoms with Gasteiger partial charge in [-0.3, -0.25) is 10.1 Å². The average molecular weight is 577 g/mol. The highest BCUT2D eigenvalue weighted by Crippen LogP contribution is 2.33. The number of carbonyl (C=O) groups is 1. The number of hydrogen-bond acceptors (Lipinski definition) is 5. The Morgan fingerprint density at radius 2 is 1.77 bits per heavy atom. The first-order chi connectivity index (χ1) is 18.7. The Labute approximate surface area is 240 Å². The van der Waals surface area contributed by atoms with Crippen LogP contribution in [0.5, 0.6) is 0 Å². The molecule has 2 aromatic heterocycles. The lowest BCUT2D eigenvalue weighted by atomic mass is 10.0. The summed E-state index contributed by atoms with van der Waals surface area (Å²) >= 11 is 17.7. The second kappa shape index (κ2) is 11.5. The number of furan rings is 1. The summed E-state index contributed by atoms with van der Waals surface area (Å²) in [6, 6.07) is 22.1. The molecule has 5 rings (SSSR count). The van der Waals surface area contributed by atoms with Crippen molar-refractivity contribution in [1.29, 1.82) is 0 Å². The van der Waals surface area contributed by atoms with Crippen LogP contribution in [0.4, 0.5) is 5.69 Å². The number of amides is 1. The van der Waals surface area contributed by atoms with Crippen molar-refractivity contribution in [3.63, 3.8) is 0 Å². The number of oxazole rings is 1. The van der Waals surface area contributed by atoms with Gasteiger partial charge in [-0.05, 0) is 96.5 Å². The maximum atomic E-state index is 12.4. The van der Waals surface area contributed by atoms with Gasteiger partial charge in [0.05, 0.1) is 10.6 Å². The van der Waals surface area contributed by atoms with Crippen molar-refractivity contribution >= 4 is 69.3 Å². The summed E-state index contributed by atoms with van der Waals surface area (Å²) < 4.78 is 11.7. The summed E-state index contributed by atoms with van der Waals surface area (Å²) in [7, 11) is 0. The summed E-state index contributed by atoms with van der Waals surface area (Å²) in [6.45, 7) is 4.25. The lowest BCUT2D eigenvalue weighted by Gasteiger charge is -2.09. The molecule has 0 aliphatic heterocycles. The number of nitrogens with one attached hydrogen (secondary N) is 2. The van der Waals surface area contributed by atoms with Gasteiger partial charge in [0.15, 0.2) is 10.7 Å². The predicted octanol–water partition coefficient (Wildman–Crippen LogP) is 8.71. The zero-order chi connectivity index (χ0) is 27.5. The number of rotatable bonds is 6. The number of benzene rings is 3. The zero-order valence-corrected chi connectivity index (χ0v) is 23.3. The van der Waals surface area contributed by atoms with Crippen molar-refractivity contribution in [3.8, 4) is 22.8 Å². The SMILES string of the molecule is CC(C)c1ccc2oc(-c3cc(NC(=S)NC(=O)C=Cc4ccc(-c5ccc(Cl)cc5)o4)ccc3Cl)nc2c1. The van der Waals surface area contributed by atoms with Crippen LogP contribution in [-0.2, 0) is 4.79 Å². The molecule has 196 valence electrons. The van der Waals surface area contributed by atoms with Gasteiger partial charge in [-0.2, -0.15) is 0 Å². The largest absolute Gasteiger partial charge is 0.457 e. The maximum absolute atomic E-state index is 12.4. The van der Waals surface area contributed by atoms with Crippen LogP contribution < -0.4 is 10.6 Å². The highest BCUT2D eigenvalue weighted by atomic mass is 35.5. The normalized spacial score (nSPS) is 11.4. The summed E-state index contributed by atoms with van der Waals surface area (Å²) in [5.41, 5.74) is 4.72. The quantitative estimate of drug-likeness (QED) is 0.156. The average Bonchev–Trinajstić information content (AvgIpc) is 3.56. The van der Waals surface area contributed by atoms with Crippen molar-refractivity contribution in [2.45, 2.75) is 19.8 Å². The number of halogens is 2. The summed E-state index contributed by atoms with van der Waals surface area (Å²) in [6.07, 6.45) is 2.91. The first kappa shape index (κ1) is 26.7. The van der Waals surface area contributed by atoms with Crippen molar-refractivity contribution in [2.75, 3.05) is 5.32 Å².